The summed E-state index contributed by atoms with van der Waals surface area (Å²) in [6.07, 6.45) is 2.68. The molecule has 1 atom stereocenters. The minimum Gasteiger partial charge on any atom is -0.207 e. The van der Waals surface area contributed by atoms with Gasteiger partial charge in [-0.3, -0.25) is 0 Å². The molecule has 1 aliphatic rings. The molecule has 2 rings (SSSR count). The van der Waals surface area contributed by atoms with Gasteiger partial charge in [-0.1, -0.05) is 19.1 Å². The van der Waals surface area contributed by atoms with Crippen molar-refractivity contribution in [3.63, 3.8) is 0 Å². The van der Waals surface area contributed by atoms with Gasteiger partial charge in [-0.15, -0.1) is 0 Å². The average molecular weight is 278 g/mol. The van der Waals surface area contributed by atoms with Gasteiger partial charge in [0, 0.05) is 0 Å². The van der Waals surface area contributed by atoms with Crippen molar-refractivity contribution in [2.24, 2.45) is 5.92 Å². The molecule has 0 aromatic heterocycles. The molecule has 1 aliphatic carbocycles. The van der Waals surface area contributed by atoms with Gasteiger partial charge in [0.25, 0.3) is 0 Å². The molecule has 1 fully saturated rings. The molecule has 0 radical (unpaired) electrons. The van der Waals surface area contributed by atoms with E-state index < -0.39 is 15.6 Å². The van der Waals surface area contributed by atoms with Crippen molar-refractivity contribution < 1.29 is 8.42 Å². The van der Waals surface area contributed by atoms with Crippen LogP contribution < -0.4 is 4.72 Å². The summed E-state index contributed by atoms with van der Waals surface area (Å²) in [6, 6.07) is 8.88. The van der Waals surface area contributed by atoms with Gasteiger partial charge in [0.2, 0.25) is 10.0 Å². The summed E-state index contributed by atoms with van der Waals surface area (Å²) in [5, 5.41) is 9.21. The van der Waals surface area contributed by atoms with E-state index in [-0.39, 0.29) is 10.8 Å². The Hall–Kier alpha value is -1.38. The van der Waals surface area contributed by atoms with Crippen LogP contribution in [0.1, 0.15) is 32.3 Å². The zero-order valence-corrected chi connectivity index (χ0v) is 12.0. The van der Waals surface area contributed by atoms with E-state index in [1.165, 1.54) is 0 Å². The Balaban J connectivity index is 2.24. The normalized spacial score (nSPS) is 18.6. The fraction of sp³-hybridized carbons (Fsp3) is 0.500. The standard InChI is InChI=1S/C14H18N2O2S/c1-3-11-4-8-13(9-5-11)19(17,18)16-14(2,10-15)12-6-7-12/h4-5,8-9,12,16H,3,6-7H2,1-2H3/t14-/m1/s1. The second-order valence-electron chi connectivity index (χ2n) is 5.19. The van der Waals surface area contributed by atoms with Crippen molar-refractivity contribution in [3.05, 3.63) is 29.8 Å². The molecule has 0 heterocycles. The average Bonchev–Trinajstić information content (AvgIpc) is 3.23. The molecule has 0 amide bonds. The van der Waals surface area contributed by atoms with Gasteiger partial charge < -0.3 is 0 Å². The third-order valence-corrected chi connectivity index (χ3v) is 5.20. The fourth-order valence-corrected chi connectivity index (χ4v) is 3.48. The molecule has 1 aromatic rings. The Kier molecular flexibility index (Phi) is 3.66. The maximum Gasteiger partial charge on any atom is 0.241 e. The van der Waals surface area contributed by atoms with Crippen LogP contribution in [0.15, 0.2) is 29.2 Å². The first-order chi connectivity index (χ1) is 8.91. The lowest BCUT2D eigenvalue weighted by Crippen LogP contribution is -2.46. The zero-order valence-electron chi connectivity index (χ0n) is 11.2. The van der Waals surface area contributed by atoms with Gasteiger partial charge in [0.15, 0.2) is 0 Å². The van der Waals surface area contributed by atoms with Crippen molar-refractivity contribution in [2.75, 3.05) is 0 Å². The number of nitrogens with zero attached hydrogens (tertiary/aromatic N) is 1. The van der Waals surface area contributed by atoms with Crippen LogP contribution in [0.5, 0.6) is 0 Å². The Morgan fingerprint density at radius 3 is 2.37 bits per heavy atom. The molecule has 1 saturated carbocycles. The number of hydrogen-bond donors (Lipinski definition) is 1. The second kappa shape index (κ2) is 4.95. The first-order valence-electron chi connectivity index (χ1n) is 6.45. The molecule has 0 unspecified atom stereocenters. The SMILES string of the molecule is CCc1ccc(S(=O)(=O)N[C@](C)(C#N)C2CC2)cc1. The minimum atomic E-state index is -3.63. The van der Waals surface area contributed by atoms with Crippen LogP contribution in [0.4, 0.5) is 0 Å². The third kappa shape index (κ3) is 2.96. The molecule has 0 saturated heterocycles. The first-order valence-corrected chi connectivity index (χ1v) is 7.94. The van der Waals surface area contributed by atoms with Gasteiger partial charge in [-0.25, -0.2) is 8.42 Å². The van der Waals surface area contributed by atoms with Gasteiger partial charge in [-0.2, -0.15) is 9.98 Å². The van der Waals surface area contributed by atoms with E-state index >= 15 is 0 Å². The number of rotatable bonds is 5. The van der Waals surface area contributed by atoms with Gasteiger partial charge >= 0.3 is 0 Å². The summed E-state index contributed by atoms with van der Waals surface area (Å²) < 4.78 is 27.1. The highest BCUT2D eigenvalue weighted by Gasteiger charge is 2.44. The second-order valence-corrected chi connectivity index (χ2v) is 6.87. The number of nitriles is 1. The summed E-state index contributed by atoms with van der Waals surface area (Å²) in [6.45, 7) is 3.67. The molecule has 1 N–H and O–H groups in total. The van der Waals surface area contributed by atoms with E-state index in [4.69, 9.17) is 0 Å². The highest BCUT2D eigenvalue weighted by Crippen LogP contribution is 2.39. The highest BCUT2D eigenvalue weighted by molar-refractivity contribution is 7.89. The summed E-state index contributed by atoms with van der Waals surface area (Å²) in [7, 11) is -3.63. The monoisotopic (exact) mass is 278 g/mol. The van der Waals surface area contributed by atoms with Crippen molar-refractivity contribution in [2.45, 2.75) is 43.5 Å². The maximum absolute atomic E-state index is 12.3. The number of aryl methyl sites for hydroxylation is 1. The quantitative estimate of drug-likeness (QED) is 0.897. The largest absolute Gasteiger partial charge is 0.241 e. The first kappa shape index (κ1) is 14.0. The summed E-state index contributed by atoms with van der Waals surface area (Å²) in [4.78, 5) is 0.215. The molecule has 19 heavy (non-hydrogen) atoms. The van der Waals surface area contributed by atoms with Crippen molar-refractivity contribution in [3.8, 4) is 6.07 Å². The van der Waals surface area contributed by atoms with Crippen molar-refractivity contribution in [1.82, 2.24) is 4.72 Å². The molecule has 1 aromatic carbocycles. The van der Waals surface area contributed by atoms with E-state index in [1.807, 2.05) is 6.92 Å². The van der Waals surface area contributed by atoms with E-state index in [0.29, 0.717) is 0 Å². The van der Waals surface area contributed by atoms with E-state index in [0.717, 1.165) is 24.8 Å². The predicted octanol–water partition coefficient (Wildman–Crippen LogP) is 2.22. The van der Waals surface area contributed by atoms with Gasteiger partial charge in [-0.05, 0) is 49.8 Å². The molecule has 0 spiro atoms. The number of nitrogens with one attached hydrogen (secondary N) is 1. The minimum absolute atomic E-state index is 0.127. The van der Waals surface area contributed by atoms with Crippen LogP contribution in [0.25, 0.3) is 0 Å². The Bertz CT molecular complexity index is 597. The van der Waals surface area contributed by atoms with Crippen LogP contribution in [0, 0.1) is 17.2 Å². The summed E-state index contributed by atoms with van der Waals surface area (Å²) in [5.74, 6) is 0.127. The Labute approximate surface area is 114 Å². The smallest absolute Gasteiger partial charge is 0.207 e. The predicted molar refractivity (Wildman–Crippen MR) is 72.9 cm³/mol. The number of benzene rings is 1. The number of sulfonamides is 1. The molecule has 0 aliphatic heterocycles. The molecule has 5 heteroatoms. The van der Waals surface area contributed by atoms with E-state index in [1.54, 1.807) is 31.2 Å². The Morgan fingerprint density at radius 1 is 1.37 bits per heavy atom. The van der Waals surface area contributed by atoms with Crippen LogP contribution in [0.3, 0.4) is 0 Å². The maximum atomic E-state index is 12.3. The highest BCUT2D eigenvalue weighted by atomic mass is 32.2. The summed E-state index contributed by atoms with van der Waals surface area (Å²) >= 11 is 0. The van der Waals surface area contributed by atoms with E-state index in [9.17, 15) is 13.7 Å². The molecule has 4 nitrogen and oxygen atoms in total. The van der Waals surface area contributed by atoms with E-state index in [2.05, 4.69) is 10.8 Å². The molecule has 0 bridgehead atoms. The molecular formula is C14H18N2O2S. The van der Waals surface area contributed by atoms with Crippen LogP contribution in [0.2, 0.25) is 0 Å². The molecule has 102 valence electrons. The number of hydrogen-bond acceptors (Lipinski definition) is 3. The lowest BCUT2D eigenvalue weighted by atomic mass is 10.0. The van der Waals surface area contributed by atoms with Crippen LogP contribution in [-0.4, -0.2) is 14.0 Å². The van der Waals surface area contributed by atoms with Gasteiger partial charge in [0.1, 0.15) is 5.54 Å². The lowest BCUT2D eigenvalue weighted by Gasteiger charge is -2.22. The topological polar surface area (TPSA) is 70.0 Å². The Morgan fingerprint density at radius 2 is 1.95 bits per heavy atom. The lowest BCUT2D eigenvalue weighted by molar-refractivity contribution is 0.458. The summed E-state index contributed by atoms with van der Waals surface area (Å²) in [5.41, 5.74) is 0.0895. The van der Waals surface area contributed by atoms with Crippen molar-refractivity contribution in [1.29, 1.82) is 5.26 Å². The van der Waals surface area contributed by atoms with Gasteiger partial charge in [0.05, 0.1) is 11.0 Å². The fourth-order valence-electron chi connectivity index (χ4n) is 2.10. The van der Waals surface area contributed by atoms with Crippen LogP contribution >= 0.6 is 0 Å². The third-order valence-electron chi connectivity index (χ3n) is 3.61. The van der Waals surface area contributed by atoms with Crippen molar-refractivity contribution >= 4 is 10.0 Å². The van der Waals surface area contributed by atoms with Crippen LogP contribution in [-0.2, 0) is 16.4 Å². The molecular weight excluding hydrogens is 260 g/mol. The zero-order chi connectivity index (χ0) is 14.1.